The van der Waals surface area contributed by atoms with Gasteiger partial charge in [-0.2, -0.15) is 5.10 Å². The number of aromatic nitrogens is 2. The molecule has 0 saturated heterocycles. The minimum atomic E-state index is -0.711. The fraction of sp³-hybridized carbons (Fsp3) is 0.750. The second kappa shape index (κ2) is 6.61. The van der Waals surface area contributed by atoms with Crippen LogP contribution in [0.15, 0.2) is 6.20 Å². The summed E-state index contributed by atoms with van der Waals surface area (Å²) in [6, 6.07) is 0. The van der Waals surface area contributed by atoms with Gasteiger partial charge in [0.25, 0.3) is 0 Å². The highest BCUT2D eigenvalue weighted by atomic mass is 16.5. The SMILES string of the molecule is CCOC(CC)C(O)c1c(OC)cnn1CC. The highest BCUT2D eigenvalue weighted by molar-refractivity contribution is 5.28. The Morgan fingerprint density at radius 2 is 2.12 bits per heavy atom. The molecule has 1 heterocycles. The Bertz CT molecular complexity index is 317. The number of aliphatic hydroxyl groups excluding tert-OH is 1. The molecule has 1 rings (SSSR count). The number of hydrogen-bond acceptors (Lipinski definition) is 4. The Morgan fingerprint density at radius 3 is 2.59 bits per heavy atom. The van der Waals surface area contributed by atoms with Crippen molar-refractivity contribution in [1.29, 1.82) is 0 Å². The molecule has 2 atom stereocenters. The molecule has 98 valence electrons. The van der Waals surface area contributed by atoms with Crippen molar-refractivity contribution in [2.75, 3.05) is 13.7 Å². The van der Waals surface area contributed by atoms with E-state index in [1.165, 1.54) is 0 Å². The molecule has 0 amide bonds. The molecule has 0 fully saturated rings. The Hall–Kier alpha value is -1.07. The second-order valence-electron chi connectivity index (χ2n) is 3.76. The normalized spacial score (nSPS) is 14.6. The monoisotopic (exact) mass is 242 g/mol. The van der Waals surface area contributed by atoms with Crippen LogP contribution < -0.4 is 4.74 Å². The van der Waals surface area contributed by atoms with Crippen molar-refractivity contribution in [2.24, 2.45) is 0 Å². The van der Waals surface area contributed by atoms with Crippen molar-refractivity contribution >= 4 is 0 Å². The molecule has 2 unspecified atom stereocenters. The van der Waals surface area contributed by atoms with Gasteiger partial charge in [0.1, 0.15) is 11.8 Å². The van der Waals surface area contributed by atoms with E-state index >= 15 is 0 Å². The molecule has 0 aliphatic heterocycles. The first-order valence-electron chi connectivity index (χ1n) is 6.08. The van der Waals surface area contributed by atoms with Gasteiger partial charge in [-0.3, -0.25) is 4.68 Å². The average Bonchev–Trinajstić information content (AvgIpc) is 2.77. The maximum atomic E-state index is 10.4. The molecular formula is C12H22N2O3. The third-order valence-electron chi connectivity index (χ3n) is 2.78. The zero-order valence-corrected chi connectivity index (χ0v) is 11.0. The molecule has 0 bridgehead atoms. The van der Waals surface area contributed by atoms with Gasteiger partial charge in [-0.1, -0.05) is 6.92 Å². The zero-order valence-electron chi connectivity index (χ0n) is 11.0. The summed E-state index contributed by atoms with van der Waals surface area (Å²) >= 11 is 0. The average molecular weight is 242 g/mol. The Balaban J connectivity index is 2.99. The molecule has 1 aromatic rings. The molecule has 5 nitrogen and oxygen atoms in total. The maximum absolute atomic E-state index is 10.4. The molecule has 0 aliphatic rings. The van der Waals surface area contributed by atoms with Crippen LogP contribution in [0.1, 0.15) is 39.0 Å². The lowest BCUT2D eigenvalue weighted by molar-refractivity contribution is -0.0399. The number of rotatable bonds is 7. The molecule has 0 aliphatic carbocycles. The quantitative estimate of drug-likeness (QED) is 0.791. The van der Waals surface area contributed by atoms with Gasteiger partial charge < -0.3 is 14.6 Å². The molecule has 0 saturated carbocycles. The lowest BCUT2D eigenvalue weighted by atomic mass is 10.1. The Labute approximate surface area is 102 Å². The van der Waals surface area contributed by atoms with Gasteiger partial charge in [0.05, 0.1) is 19.4 Å². The highest BCUT2D eigenvalue weighted by Crippen LogP contribution is 2.29. The summed E-state index contributed by atoms with van der Waals surface area (Å²) in [6.07, 6.45) is 1.43. The largest absolute Gasteiger partial charge is 0.493 e. The van der Waals surface area contributed by atoms with E-state index in [9.17, 15) is 5.11 Å². The van der Waals surface area contributed by atoms with Crippen molar-refractivity contribution in [2.45, 2.75) is 45.9 Å². The molecule has 0 spiro atoms. The van der Waals surface area contributed by atoms with Gasteiger partial charge in [-0.05, 0) is 20.3 Å². The van der Waals surface area contributed by atoms with Crippen molar-refractivity contribution in [3.63, 3.8) is 0 Å². The number of methoxy groups -OCH3 is 1. The van der Waals surface area contributed by atoms with Gasteiger partial charge in [0.15, 0.2) is 5.75 Å². The molecule has 0 aromatic carbocycles. The lowest BCUT2D eigenvalue weighted by Gasteiger charge is -2.22. The van der Waals surface area contributed by atoms with Gasteiger partial charge in [-0.25, -0.2) is 0 Å². The summed E-state index contributed by atoms with van der Waals surface area (Å²) in [5.74, 6) is 0.609. The van der Waals surface area contributed by atoms with E-state index in [0.717, 1.165) is 6.42 Å². The van der Waals surface area contributed by atoms with Gasteiger partial charge in [0.2, 0.25) is 0 Å². The Kier molecular flexibility index (Phi) is 5.44. The third kappa shape index (κ3) is 2.98. The molecule has 17 heavy (non-hydrogen) atoms. The topological polar surface area (TPSA) is 56.5 Å². The van der Waals surface area contributed by atoms with E-state index in [2.05, 4.69) is 5.10 Å². The number of aliphatic hydroxyl groups is 1. The minimum absolute atomic E-state index is 0.226. The minimum Gasteiger partial charge on any atom is -0.493 e. The highest BCUT2D eigenvalue weighted by Gasteiger charge is 2.26. The number of aryl methyl sites for hydroxylation is 1. The lowest BCUT2D eigenvalue weighted by Crippen LogP contribution is -2.24. The number of hydrogen-bond donors (Lipinski definition) is 1. The first-order valence-corrected chi connectivity index (χ1v) is 6.08. The predicted molar refractivity (Wildman–Crippen MR) is 65.1 cm³/mol. The van der Waals surface area contributed by atoms with Crippen LogP contribution in [0.5, 0.6) is 5.75 Å². The van der Waals surface area contributed by atoms with Gasteiger partial charge in [-0.15, -0.1) is 0 Å². The van der Waals surface area contributed by atoms with E-state index in [-0.39, 0.29) is 6.10 Å². The predicted octanol–water partition coefficient (Wildman–Crippen LogP) is 1.76. The van der Waals surface area contributed by atoms with E-state index in [0.29, 0.717) is 24.6 Å². The van der Waals surface area contributed by atoms with E-state index < -0.39 is 6.10 Å². The Morgan fingerprint density at radius 1 is 1.41 bits per heavy atom. The van der Waals surface area contributed by atoms with Crippen LogP contribution in [0.25, 0.3) is 0 Å². The second-order valence-corrected chi connectivity index (χ2v) is 3.76. The number of nitrogens with zero attached hydrogens (tertiary/aromatic N) is 2. The molecule has 5 heteroatoms. The first-order chi connectivity index (χ1) is 8.19. The smallest absolute Gasteiger partial charge is 0.162 e. The molecular weight excluding hydrogens is 220 g/mol. The van der Waals surface area contributed by atoms with E-state index in [1.54, 1.807) is 18.0 Å². The van der Waals surface area contributed by atoms with E-state index in [1.807, 2.05) is 20.8 Å². The summed E-state index contributed by atoms with van der Waals surface area (Å²) in [4.78, 5) is 0. The zero-order chi connectivity index (χ0) is 12.8. The maximum Gasteiger partial charge on any atom is 0.162 e. The summed E-state index contributed by atoms with van der Waals surface area (Å²) in [7, 11) is 1.58. The summed E-state index contributed by atoms with van der Waals surface area (Å²) < 4.78 is 12.5. The fourth-order valence-corrected chi connectivity index (χ4v) is 1.91. The summed E-state index contributed by atoms with van der Waals surface area (Å²) in [5.41, 5.74) is 0.690. The van der Waals surface area contributed by atoms with Gasteiger partial charge >= 0.3 is 0 Å². The van der Waals surface area contributed by atoms with Crippen LogP contribution in [0, 0.1) is 0 Å². The van der Waals surface area contributed by atoms with Crippen molar-refractivity contribution < 1.29 is 14.6 Å². The standard InChI is InChI=1S/C12H22N2O3/c1-5-9(17-7-3)12(15)11-10(16-4)8-13-14(11)6-2/h8-9,12,15H,5-7H2,1-4H3. The van der Waals surface area contributed by atoms with Crippen molar-refractivity contribution in [3.05, 3.63) is 11.9 Å². The van der Waals surface area contributed by atoms with Crippen molar-refractivity contribution in [3.8, 4) is 5.75 Å². The first kappa shape index (κ1) is 14.0. The summed E-state index contributed by atoms with van der Waals surface area (Å²) in [6.45, 7) is 7.16. The van der Waals surface area contributed by atoms with Crippen LogP contribution in [-0.2, 0) is 11.3 Å². The third-order valence-corrected chi connectivity index (χ3v) is 2.78. The molecule has 0 radical (unpaired) electrons. The van der Waals surface area contributed by atoms with Gasteiger partial charge in [0, 0.05) is 13.2 Å². The van der Waals surface area contributed by atoms with Crippen LogP contribution in [0.3, 0.4) is 0 Å². The molecule has 1 aromatic heterocycles. The molecule has 1 N–H and O–H groups in total. The van der Waals surface area contributed by atoms with Crippen LogP contribution in [0.4, 0.5) is 0 Å². The number of ether oxygens (including phenoxy) is 2. The fourth-order valence-electron chi connectivity index (χ4n) is 1.91. The van der Waals surface area contributed by atoms with Crippen molar-refractivity contribution in [1.82, 2.24) is 9.78 Å². The van der Waals surface area contributed by atoms with Crippen LogP contribution >= 0.6 is 0 Å². The summed E-state index contributed by atoms with van der Waals surface area (Å²) in [5, 5.41) is 14.5. The van der Waals surface area contributed by atoms with Crippen LogP contribution in [0.2, 0.25) is 0 Å². The van der Waals surface area contributed by atoms with Crippen LogP contribution in [-0.4, -0.2) is 34.7 Å². The van der Waals surface area contributed by atoms with E-state index in [4.69, 9.17) is 9.47 Å².